The molecular formula is C24H22N4O5. The van der Waals surface area contributed by atoms with Gasteiger partial charge < -0.3 is 15.0 Å². The lowest BCUT2D eigenvalue weighted by Gasteiger charge is -2.17. The highest BCUT2D eigenvalue weighted by atomic mass is 16.5. The average molecular weight is 446 g/mol. The van der Waals surface area contributed by atoms with Gasteiger partial charge in [-0.1, -0.05) is 12.1 Å². The molecule has 1 unspecified atom stereocenters. The largest absolute Gasteiger partial charge is 0.462 e. The molecule has 3 aromatic rings. The van der Waals surface area contributed by atoms with Gasteiger partial charge in [-0.05, 0) is 49.4 Å². The summed E-state index contributed by atoms with van der Waals surface area (Å²) in [5.41, 5.74) is 2.59. The van der Waals surface area contributed by atoms with Gasteiger partial charge in [0.1, 0.15) is 0 Å². The molecule has 33 heavy (non-hydrogen) atoms. The van der Waals surface area contributed by atoms with Crippen molar-refractivity contribution >= 4 is 29.2 Å². The first-order valence-corrected chi connectivity index (χ1v) is 10.5. The molecule has 2 amide bonds. The van der Waals surface area contributed by atoms with E-state index in [1.165, 1.54) is 6.07 Å². The summed E-state index contributed by atoms with van der Waals surface area (Å²) in [6.45, 7) is 2.26. The molecule has 168 valence electrons. The lowest BCUT2D eigenvalue weighted by molar-refractivity contribution is -0.122. The topological polar surface area (TPSA) is 121 Å². The molecule has 0 aliphatic carbocycles. The van der Waals surface area contributed by atoms with Crippen molar-refractivity contribution in [3.63, 3.8) is 0 Å². The monoisotopic (exact) mass is 446 g/mol. The van der Waals surface area contributed by atoms with Crippen LogP contribution < -0.4 is 15.8 Å². The predicted octanol–water partition coefficient (Wildman–Crippen LogP) is 2.61. The Morgan fingerprint density at radius 3 is 2.61 bits per heavy atom. The number of carbonyl (C=O) groups is 3. The Labute approximate surface area is 189 Å². The van der Waals surface area contributed by atoms with Gasteiger partial charge in [-0.3, -0.25) is 14.4 Å². The number of amides is 2. The van der Waals surface area contributed by atoms with E-state index >= 15 is 0 Å². The Morgan fingerprint density at radius 2 is 1.91 bits per heavy atom. The van der Waals surface area contributed by atoms with Crippen molar-refractivity contribution in [2.75, 3.05) is 23.4 Å². The van der Waals surface area contributed by atoms with Crippen LogP contribution in [0.5, 0.6) is 0 Å². The summed E-state index contributed by atoms with van der Waals surface area (Å²) in [6.07, 6.45) is 0.0899. The minimum atomic E-state index is -0.517. The van der Waals surface area contributed by atoms with Crippen molar-refractivity contribution in [2.24, 2.45) is 5.92 Å². The Kier molecular flexibility index (Phi) is 6.30. The van der Waals surface area contributed by atoms with Crippen molar-refractivity contribution in [2.45, 2.75) is 13.3 Å². The van der Waals surface area contributed by atoms with Crippen LogP contribution in [0, 0.1) is 5.92 Å². The second-order valence-corrected chi connectivity index (χ2v) is 7.55. The second kappa shape index (κ2) is 9.47. The molecule has 2 N–H and O–H groups in total. The first-order valence-electron chi connectivity index (χ1n) is 10.5. The van der Waals surface area contributed by atoms with E-state index in [0.29, 0.717) is 22.6 Å². The van der Waals surface area contributed by atoms with Gasteiger partial charge in [-0.15, -0.1) is 0 Å². The number of H-pyrrole nitrogens is 1. The van der Waals surface area contributed by atoms with E-state index in [9.17, 15) is 19.2 Å². The van der Waals surface area contributed by atoms with Gasteiger partial charge in [-0.25, -0.2) is 9.89 Å². The van der Waals surface area contributed by atoms with Gasteiger partial charge >= 0.3 is 5.97 Å². The SMILES string of the molecule is CCOC(=O)c1ccc(N2CC(C(=O)Nc3cccc(-c4ccc(=O)[nH]n4)c3)CC2=O)cc1. The molecule has 0 saturated carbocycles. The fourth-order valence-corrected chi connectivity index (χ4v) is 3.63. The summed E-state index contributed by atoms with van der Waals surface area (Å²) >= 11 is 0. The van der Waals surface area contributed by atoms with E-state index in [1.807, 2.05) is 6.07 Å². The average Bonchev–Trinajstić information content (AvgIpc) is 3.22. The van der Waals surface area contributed by atoms with Gasteiger partial charge in [0, 0.05) is 36.0 Å². The van der Waals surface area contributed by atoms with Crippen LogP contribution in [0.1, 0.15) is 23.7 Å². The summed E-state index contributed by atoms with van der Waals surface area (Å²) < 4.78 is 4.97. The van der Waals surface area contributed by atoms with Gasteiger partial charge in [0.05, 0.1) is 23.8 Å². The molecule has 0 spiro atoms. The number of rotatable bonds is 6. The molecule has 2 aromatic carbocycles. The standard InChI is InChI=1S/C24H22N4O5/c1-2-33-24(32)15-6-8-19(9-7-15)28-14-17(13-22(28)30)23(31)25-18-5-3-4-16(12-18)20-10-11-21(29)27-26-20/h3-12,17H,2,13-14H2,1H3,(H,25,31)(H,27,29). The summed E-state index contributed by atoms with van der Waals surface area (Å²) in [5.74, 6) is -1.36. The van der Waals surface area contributed by atoms with E-state index < -0.39 is 11.9 Å². The molecule has 4 rings (SSSR count). The molecule has 1 aliphatic heterocycles. The summed E-state index contributed by atoms with van der Waals surface area (Å²) in [5, 5.41) is 9.24. The minimum Gasteiger partial charge on any atom is -0.462 e. The highest BCUT2D eigenvalue weighted by Gasteiger charge is 2.35. The number of hydrogen-bond acceptors (Lipinski definition) is 6. The number of benzene rings is 2. The van der Waals surface area contributed by atoms with Crippen LogP contribution in [0.3, 0.4) is 0 Å². The molecular weight excluding hydrogens is 424 g/mol. The van der Waals surface area contributed by atoms with E-state index in [1.54, 1.807) is 60.4 Å². The van der Waals surface area contributed by atoms with Crippen LogP contribution in [0.4, 0.5) is 11.4 Å². The zero-order chi connectivity index (χ0) is 23.4. The van der Waals surface area contributed by atoms with Crippen molar-refractivity contribution in [1.82, 2.24) is 10.2 Å². The number of aromatic nitrogens is 2. The van der Waals surface area contributed by atoms with Crippen LogP contribution in [0.25, 0.3) is 11.3 Å². The van der Waals surface area contributed by atoms with Gasteiger partial charge in [0.15, 0.2) is 0 Å². The van der Waals surface area contributed by atoms with Crippen molar-refractivity contribution in [3.8, 4) is 11.3 Å². The summed E-state index contributed by atoms with van der Waals surface area (Å²) in [6, 6.07) is 16.6. The van der Waals surface area contributed by atoms with Gasteiger partial charge in [0.25, 0.3) is 5.56 Å². The van der Waals surface area contributed by atoms with E-state index in [-0.39, 0.29) is 36.9 Å². The fraction of sp³-hybridized carbons (Fsp3) is 0.208. The maximum absolute atomic E-state index is 12.8. The van der Waals surface area contributed by atoms with Crippen LogP contribution in [-0.4, -0.2) is 41.1 Å². The molecule has 2 heterocycles. The Hall–Kier alpha value is -4.27. The molecule has 1 fully saturated rings. The third-order valence-corrected chi connectivity index (χ3v) is 5.29. The lowest BCUT2D eigenvalue weighted by Crippen LogP contribution is -2.28. The quantitative estimate of drug-likeness (QED) is 0.562. The zero-order valence-corrected chi connectivity index (χ0v) is 17.9. The fourth-order valence-electron chi connectivity index (χ4n) is 3.63. The number of nitrogens with zero attached hydrogens (tertiary/aromatic N) is 2. The third kappa shape index (κ3) is 4.98. The van der Waals surface area contributed by atoms with E-state index in [2.05, 4.69) is 15.5 Å². The van der Waals surface area contributed by atoms with Crippen molar-refractivity contribution in [3.05, 3.63) is 76.6 Å². The maximum Gasteiger partial charge on any atom is 0.338 e. The zero-order valence-electron chi connectivity index (χ0n) is 17.9. The molecule has 0 bridgehead atoms. The highest BCUT2D eigenvalue weighted by molar-refractivity contribution is 6.04. The molecule has 1 saturated heterocycles. The molecule has 9 nitrogen and oxygen atoms in total. The highest BCUT2D eigenvalue weighted by Crippen LogP contribution is 2.27. The van der Waals surface area contributed by atoms with Crippen molar-refractivity contribution < 1.29 is 19.1 Å². The number of hydrogen-bond donors (Lipinski definition) is 2. The van der Waals surface area contributed by atoms with Crippen LogP contribution in [-0.2, 0) is 14.3 Å². The first kappa shape index (κ1) is 21.9. The molecule has 1 aliphatic rings. The summed E-state index contributed by atoms with van der Waals surface area (Å²) in [7, 11) is 0. The first-order chi connectivity index (χ1) is 15.9. The molecule has 9 heteroatoms. The number of anilines is 2. The van der Waals surface area contributed by atoms with Gasteiger partial charge in [-0.2, -0.15) is 5.10 Å². The second-order valence-electron chi connectivity index (χ2n) is 7.55. The number of aromatic amines is 1. The molecule has 0 radical (unpaired) electrons. The Bertz CT molecular complexity index is 1230. The number of carbonyl (C=O) groups excluding carboxylic acids is 3. The Balaban J connectivity index is 1.42. The van der Waals surface area contributed by atoms with Crippen LogP contribution in [0.15, 0.2) is 65.5 Å². The normalized spacial score (nSPS) is 15.4. The van der Waals surface area contributed by atoms with Crippen LogP contribution in [0.2, 0.25) is 0 Å². The lowest BCUT2D eigenvalue weighted by atomic mass is 10.1. The number of nitrogens with one attached hydrogen (secondary N) is 2. The Morgan fingerprint density at radius 1 is 1.12 bits per heavy atom. The van der Waals surface area contributed by atoms with E-state index in [0.717, 1.165) is 5.56 Å². The third-order valence-electron chi connectivity index (χ3n) is 5.29. The minimum absolute atomic E-state index is 0.0899. The maximum atomic E-state index is 12.8. The molecule has 1 aromatic heterocycles. The molecule has 1 atom stereocenters. The van der Waals surface area contributed by atoms with Gasteiger partial charge in [0.2, 0.25) is 11.8 Å². The smallest absolute Gasteiger partial charge is 0.338 e. The number of esters is 1. The van der Waals surface area contributed by atoms with Crippen LogP contribution >= 0.6 is 0 Å². The summed E-state index contributed by atoms with van der Waals surface area (Å²) in [4.78, 5) is 49.9. The van der Waals surface area contributed by atoms with Crippen molar-refractivity contribution in [1.29, 1.82) is 0 Å². The van der Waals surface area contributed by atoms with E-state index in [4.69, 9.17) is 4.74 Å². The predicted molar refractivity (Wildman–Crippen MR) is 122 cm³/mol. The number of ether oxygens (including phenoxy) is 1.